The van der Waals surface area contributed by atoms with E-state index >= 15 is 0 Å². The molecule has 0 saturated heterocycles. The molecule has 0 radical (unpaired) electrons. The van der Waals surface area contributed by atoms with Gasteiger partial charge in [0.2, 0.25) is 0 Å². The van der Waals surface area contributed by atoms with E-state index in [0.29, 0.717) is 38.4 Å². The van der Waals surface area contributed by atoms with Crippen molar-refractivity contribution >= 4 is 44.4 Å². The maximum atomic E-state index is 13.0. The van der Waals surface area contributed by atoms with Crippen molar-refractivity contribution < 1.29 is 26.3 Å². The van der Waals surface area contributed by atoms with Crippen LogP contribution in [0.5, 0.6) is 0 Å². The fraction of sp³-hybridized carbons (Fsp3) is 0.0833. The predicted molar refractivity (Wildman–Crippen MR) is 115 cm³/mol. The van der Waals surface area contributed by atoms with Gasteiger partial charge in [-0.25, -0.2) is 0 Å². The average Bonchev–Trinajstić information content (AvgIpc) is 3.05. The Kier molecular flexibility index (Phi) is 5.63. The highest BCUT2D eigenvalue weighted by molar-refractivity contribution is 6.62. The van der Waals surface area contributed by atoms with Gasteiger partial charge in [0.05, 0.1) is 21.2 Å². The van der Waals surface area contributed by atoms with Crippen molar-refractivity contribution in [3.63, 3.8) is 0 Å². The van der Waals surface area contributed by atoms with Crippen molar-refractivity contribution in [1.82, 2.24) is 0 Å². The summed E-state index contributed by atoms with van der Waals surface area (Å²) in [5.74, 6) is 0. The second-order valence-corrected chi connectivity index (χ2v) is 7.83. The molecule has 8 heteroatoms. The van der Waals surface area contributed by atoms with Gasteiger partial charge in [-0.15, -0.1) is 0 Å². The standard InChI is InChI=1S/C24H12Cl2F6/c25-21(14-7-11-16(12-8-14)24(30,31)32)20-17-3-1-2-4-18(17)22(26)19(20)13-5-9-15(10-6-13)23(27,28)29/h1-12H/b21-20-. The summed E-state index contributed by atoms with van der Waals surface area (Å²) in [5, 5.41) is 0.428. The Balaban J connectivity index is 1.88. The predicted octanol–water partition coefficient (Wildman–Crippen LogP) is 8.95. The van der Waals surface area contributed by atoms with Crippen LogP contribution in [0.25, 0.3) is 21.2 Å². The highest BCUT2D eigenvalue weighted by atomic mass is 35.5. The molecule has 0 saturated carbocycles. The second kappa shape index (κ2) is 8.01. The molecule has 0 heterocycles. The summed E-state index contributed by atoms with van der Waals surface area (Å²) in [7, 11) is 0. The van der Waals surface area contributed by atoms with E-state index in [9.17, 15) is 26.3 Å². The topological polar surface area (TPSA) is 0 Å². The van der Waals surface area contributed by atoms with Gasteiger partial charge >= 0.3 is 12.4 Å². The summed E-state index contributed by atoms with van der Waals surface area (Å²) in [5.41, 5.74) is 1.20. The van der Waals surface area contributed by atoms with Crippen molar-refractivity contribution in [3.05, 3.63) is 106 Å². The van der Waals surface area contributed by atoms with Crippen molar-refractivity contribution in [2.45, 2.75) is 12.4 Å². The van der Waals surface area contributed by atoms with E-state index in [1.807, 2.05) is 0 Å². The van der Waals surface area contributed by atoms with Crippen LogP contribution in [-0.2, 0) is 12.4 Å². The van der Waals surface area contributed by atoms with Crippen LogP contribution in [0.15, 0.2) is 72.8 Å². The van der Waals surface area contributed by atoms with Gasteiger partial charge in [0.15, 0.2) is 0 Å². The first-order valence-electron chi connectivity index (χ1n) is 9.23. The van der Waals surface area contributed by atoms with Crippen LogP contribution >= 0.6 is 23.2 Å². The first kappa shape index (κ1) is 22.5. The molecule has 0 unspecified atom stereocenters. The van der Waals surface area contributed by atoms with Gasteiger partial charge < -0.3 is 0 Å². The number of hydrogen-bond acceptors (Lipinski definition) is 0. The molecule has 3 aromatic carbocycles. The van der Waals surface area contributed by atoms with Crippen LogP contribution in [0.3, 0.4) is 0 Å². The van der Waals surface area contributed by atoms with Gasteiger partial charge in [-0.3, -0.25) is 0 Å². The number of alkyl halides is 6. The summed E-state index contributed by atoms with van der Waals surface area (Å²) in [6.07, 6.45) is -8.99. The van der Waals surface area contributed by atoms with Crippen molar-refractivity contribution in [2.75, 3.05) is 0 Å². The van der Waals surface area contributed by atoms with Gasteiger partial charge in [0.25, 0.3) is 0 Å². The highest BCUT2D eigenvalue weighted by Gasteiger charge is 2.33. The lowest BCUT2D eigenvalue weighted by Gasteiger charge is -2.14. The molecule has 0 amide bonds. The number of benzene rings is 3. The summed E-state index contributed by atoms with van der Waals surface area (Å²) < 4.78 is 77.7. The normalized spacial score (nSPS) is 15.8. The third-order valence-electron chi connectivity index (χ3n) is 5.09. The minimum atomic E-state index is -4.49. The van der Waals surface area contributed by atoms with Crippen LogP contribution in [0.1, 0.15) is 33.4 Å². The zero-order valence-electron chi connectivity index (χ0n) is 16.0. The lowest BCUT2D eigenvalue weighted by atomic mass is 9.94. The van der Waals surface area contributed by atoms with Crippen molar-refractivity contribution in [2.24, 2.45) is 0 Å². The molecule has 1 aliphatic carbocycles. The van der Waals surface area contributed by atoms with E-state index in [0.717, 1.165) is 24.3 Å². The molecule has 0 bridgehead atoms. The van der Waals surface area contributed by atoms with Crippen LogP contribution < -0.4 is 0 Å². The van der Waals surface area contributed by atoms with E-state index in [-0.39, 0.29) is 5.03 Å². The van der Waals surface area contributed by atoms with E-state index in [4.69, 9.17) is 23.2 Å². The van der Waals surface area contributed by atoms with Crippen molar-refractivity contribution in [1.29, 1.82) is 0 Å². The largest absolute Gasteiger partial charge is 0.416 e. The van der Waals surface area contributed by atoms with Crippen LogP contribution in [0.4, 0.5) is 26.3 Å². The maximum Gasteiger partial charge on any atom is 0.416 e. The second-order valence-electron chi connectivity index (χ2n) is 7.07. The Bertz CT molecular complexity index is 1230. The summed E-state index contributed by atoms with van der Waals surface area (Å²) >= 11 is 13.2. The molecule has 32 heavy (non-hydrogen) atoms. The molecule has 4 rings (SSSR count). The molecule has 0 N–H and O–H groups in total. The summed E-state index contributed by atoms with van der Waals surface area (Å²) in [6.45, 7) is 0. The fourth-order valence-corrected chi connectivity index (χ4v) is 4.24. The van der Waals surface area contributed by atoms with Gasteiger partial charge in [0.1, 0.15) is 0 Å². The fourth-order valence-electron chi connectivity index (χ4n) is 3.55. The number of fused-ring (bicyclic) bond motifs is 1. The molecule has 1 aliphatic rings. The Hall–Kier alpha value is -2.70. The number of rotatable bonds is 2. The maximum absolute atomic E-state index is 13.0. The third-order valence-corrected chi connectivity index (χ3v) is 5.89. The van der Waals surface area contributed by atoms with Crippen LogP contribution in [0.2, 0.25) is 0 Å². The lowest BCUT2D eigenvalue weighted by Crippen LogP contribution is -2.04. The monoisotopic (exact) mass is 484 g/mol. The molecule has 0 aliphatic heterocycles. The number of allylic oxidation sites excluding steroid dienone is 2. The van der Waals surface area contributed by atoms with Crippen LogP contribution in [0, 0.1) is 0 Å². The smallest absolute Gasteiger partial charge is 0.166 e. The van der Waals surface area contributed by atoms with Crippen LogP contribution in [-0.4, -0.2) is 0 Å². The Morgan fingerprint density at radius 2 is 1.09 bits per heavy atom. The van der Waals surface area contributed by atoms with Gasteiger partial charge in [-0.2, -0.15) is 26.3 Å². The van der Waals surface area contributed by atoms with Gasteiger partial charge in [0, 0.05) is 16.7 Å². The number of hydrogen-bond donors (Lipinski definition) is 0. The minimum Gasteiger partial charge on any atom is -0.166 e. The van der Waals surface area contributed by atoms with E-state index in [1.165, 1.54) is 24.3 Å². The zero-order valence-corrected chi connectivity index (χ0v) is 17.5. The first-order valence-corrected chi connectivity index (χ1v) is 9.99. The minimum absolute atomic E-state index is 0.136. The highest BCUT2D eigenvalue weighted by Crippen LogP contribution is 2.52. The van der Waals surface area contributed by atoms with Gasteiger partial charge in [-0.05, 0) is 41.0 Å². The molecule has 0 nitrogen and oxygen atoms in total. The first-order chi connectivity index (χ1) is 15.0. The average molecular weight is 485 g/mol. The van der Waals surface area contributed by atoms with E-state index in [2.05, 4.69) is 0 Å². The molecule has 0 fully saturated rings. The Morgan fingerprint density at radius 3 is 1.59 bits per heavy atom. The molecule has 164 valence electrons. The van der Waals surface area contributed by atoms with Gasteiger partial charge in [-0.1, -0.05) is 71.7 Å². The Morgan fingerprint density at radius 1 is 0.625 bits per heavy atom. The Labute approximate surface area is 189 Å². The number of halogens is 8. The van der Waals surface area contributed by atoms with E-state index < -0.39 is 23.5 Å². The molecular formula is C24H12Cl2F6. The molecule has 0 atom stereocenters. The lowest BCUT2D eigenvalue weighted by molar-refractivity contribution is -0.138. The zero-order chi connectivity index (χ0) is 23.3. The third kappa shape index (κ3) is 4.05. The molecule has 0 spiro atoms. The molecular weight excluding hydrogens is 473 g/mol. The SMILES string of the molecule is FC(F)(F)c1ccc(C2=C(Cl)c3ccccc3/C2=C(/Cl)c2ccc(C(F)(F)F)cc2)cc1. The molecule has 0 aromatic heterocycles. The van der Waals surface area contributed by atoms with Crippen molar-refractivity contribution in [3.8, 4) is 0 Å². The summed E-state index contributed by atoms with van der Waals surface area (Å²) in [6, 6.07) is 15.8. The van der Waals surface area contributed by atoms with E-state index in [1.54, 1.807) is 24.3 Å². The quantitative estimate of drug-likeness (QED) is 0.318. The molecule has 3 aromatic rings. The summed E-state index contributed by atoms with van der Waals surface area (Å²) in [4.78, 5) is 0.